The van der Waals surface area contributed by atoms with Crippen molar-refractivity contribution >= 4 is 10.9 Å². The number of hydrogen-bond acceptors (Lipinski definition) is 1. The van der Waals surface area contributed by atoms with Crippen molar-refractivity contribution in [3.05, 3.63) is 54.2 Å². The summed E-state index contributed by atoms with van der Waals surface area (Å²) in [6, 6.07) is 12.0. The highest BCUT2D eigenvalue weighted by Gasteiger charge is 1.93. The molecule has 1 heterocycles. The summed E-state index contributed by atoms with van der Waals surface area (Å²) < 4.78 is 0. The largest absolute Gasteiger partial charge is 0.239 e. The average Bonchev–Trinajstić information content (AvgIpc) is 2.29. The van der Waals surface area contributed by atoms with Crippen molar-refractivity contribution in [2.24, 2.45) is 0 Å². The predicted octanol–water partition coefficient (Wildman–Crippen LogP) is 3.16. The minimum Gasteiger partial charge on any atom is -0.239 e. The highest BCUT2D eigenvalue weighted by Crippen LogP contribution is 2.10. The number of aromatic nitrogens is 1. The Morgan fingerprint density at radius 2 is 2.00 bits per heavy atom. The Kier molecular flexibility index (Phi) is 2.80. The van der Waals surface area contributed by atoms with Crippen molar-refractivity contribution < 1.29 is 0 Å². The van der Waals surface area contributed by atoms with Gasteiger partial charge in [-0.25, -0.2) is 4.98 Å². The topological polar surface area (TPSA) is 12.9 Å². The molecule has 72 valence electrons. The second-order valence-corrected chi connectivity index (χ2v) is 3.16. The van der Waals surface area contributed by atoms with Gasteiger partial charge in [-0.2, -0.15) is 0 Å². The van der Waals surface area contributed by atoms with E-state index >= 15 is 0 Å². The Morgan fingerprint density at radius 1 is 1.13 bits per heavy atom. The van der Waals surface area contributed by atoms with Gasteiger partial charge >= 0.3 is 0 Å². The predicted molar refractivity (Wildman–Crippen MR) is 63.4 cm³/mol. The lowest BCUT2D eigenvalue weighted by Gasteiger charge is -1.95. The lowest BCUT2D eigenvalue weighted by molar-refractivity contribution is 1.36. The normalized spacial score (nSPS) is 10.2. The van der Waals surface area contributed by atoms with Crippen molar-refractivity contribution in [3.63, 3.8) is 0 Å². The average molecular weight is 193 g/mol. The number of nitrogens with zero attached hydrogens (tertiary/aromatic N) is 1. The van der Waals surface area contributed by atoms with Crippen LogP contribution in [0.5, 0.6) is 0 Å². The fourth-order valence-corrected chi connectivity index (χ4v) is 1.33. The summed E-state index contributed by atoms with van der Waals surface area (Å²) in [7, 11) is 0. The number of fused-ring (bicyclic) bond motifs is 1. The highest BCUT2D eigenvalue weighted by atomic mass is 14.7. The minimum absolute atomic E-state index is 0.812. The molecule has 0 spiro atoms. The van der Waals surface area contributed by atoms with Crippen molar-refractivity contribution in [3.8, 4) is 11.8 Å². The number of rotatable bonds is 0. The summed E-state index contributed by atoms with van der Waals surface area (Å²) in [5, 5.41) is 1.15. The summed E-state index contributed by atoms with van der Waals surface area (Å²) in [5.41, 5.74) is 1.80. The number of pyridine rings is 1. The quantitative estimate of drug-likeness (QED) is 0.586. The molecule has 0 atom stereocenters. The summed E-state index contributed by atoms with van der Waals surface area (Å²) >= 11 is 0. The lowest BCUT2D eigenvalue weighted by Crippen LogP contribution is -1.83. The molecule has 2 aromatic rings. The van der Waals surface area contributed by atoms with E-state index in [4.69, 9.17) is 0 Å². The van der Waals surface area contributed by atoms with E-state index in [1.807, 2.05) is 55.5 Å². The monoisotopic (exact) mass is 193 g/mol. The Hall–Kier alpha value is -2.07. The molecular weight excluding hydrogens is 182 g/mol. The standard InChI is InChI=1S/C14H11N/c1-2-3-4-8-13-11-10-12-7-5-6-9-14(12)15-13/h2-3,5-7,9-11H,1H3/b3-2-. The molecular formula is C14H11N. The van der Waals surface area contributed by atoms with Crippen LogP contribution in [-0.4, -0.2) is 4.98 Å². The summed E-state index contributed by atoms with van der Waals surface area (Å²) in [4.78, 5) is 4.44. The van der Waals surface area contributed by atoms with E-state index in [2.05, 4.69) is 16.8 Å². The van der Waals surface area contributed by atoms with Crippen LogP contribution in [-0.2, 0) is 0 Å². The minimum atomic E-state index is 0.812. The Labute approximate surface area is 89.5 Å². The van der Waals surface area contributed by atoms with Crippen LogP contribution in [0.3, 0.4) is 0 Å². The second-order valence-electron chi connectivity index (χ2n) is 3.16. The van der Waals surface area contributed by atoms with Gasteiger partial charge in [-0.1, -0.05) is 36.3 Å². The molecule has 0 amide bonds. The van der Waals surface area contributed by atoms with Gasteiger partial charge in [0.25, 0.3) is 0 Å². The molecule has 0 unspecified atom stereocenters. The zero-order chi connectivity index (χ0) is 10.5. The van der Waals surface area contributed by atoms with E-state index < -0.39 is 0 Å². The van der Waals surface area contributed by atoms with Crippen LogP contribution >= 0.6 is 0 Å². The molecule has 0 bridgehead atoms. The van der Waals surface area contributed by atoms with Crippen LogP contribution in [0.1, 0.15) is 12.6 Å². The van der Waals surface area contributed by atoms with Crippen LogP contribution in [0.25, 0.3) is 10.9 Å². The van der Waals surface area contributed by atoms with Gasteiger partial charge in [-0.05, 0) is 31.1 Å². The van der Waals surface area contributed by atoms with Gasteiger partial charge < -0.3 is 0 Å². The molecule has 2 rings (SSSR count). The zero-order valence-corrected chi connectivity index (χ0v) is 8.57. The number of para-hydroxylation sites is 1. The van der Waals surface area contributed by atoms with Crippen LogP contribution in [0.15, 0.2) is 48.6 Å². The second kappa shape index (κ2) is 4.43. The molecule has 0 saturated carbocycles. The zero-order valence-electron chi connectivity index (χ0n) is 8.57. The Morgan fingerprint density at radius 3 is 2.87 bits per heavy atom. The molecule has 0 fully saturated rings. The third-order valence-corrected chi connectivity index (χ3v) is 2.05. The SMILES string of the molecule is C/C=C\C#Cc1ccc2ccccc2n1. The van der Waals surface area contributed by atoms with Gasteiger partial charge in [0, 0.05) is 5.39 Å². The van der Waals surface area contributed by atoms with Gasteiger partial charge in [0.15, 0.2) is 0 Å². The Bertz CT molecular complexity index is 556. The maximum atomic E-state index is 4.44. The van der Waals surface area contributed by atoms with Crippen molar-refractivity contribution in [2.75, 3.05) is 0 Å². The van der Waals surface area contributed by atoms with Gasteiger partial charge in [-0.3, -0.25) is 0 Å². The van der Waals surface area contributed by atoms with Crippen LogP contribution in [0.4, 0.5) is 0 Å². The maximum Gasteiger partial charge on any atom is 0.114 e. The van der Waals surface area contributed by atoms with E-state index in [1.165, 1.54) is 0 Å². The van der Waals surface area contributed by atoms with E-state index in [-0.39, 0.29) is 0 Å². The molecule has 1 nitrogen and oxygen atoms in total. The van der Waals surface area contributed by atoms with Gasteiger partial charge in [-0.15, -0.1) is 0 Å². The van der Waals surface area contributed by atoms with E-state index in [1.54, 1.807) is 0 Å². The maximum absolute atomic E-state index is 4.44. The molecule has 0 aliphatic rings. The lowest BCUT2D eigenvalue weighted by atomic mass is 10.2. The first-order chi connectivity index (χ1) is 7.40. The van der Waals surface area contributed by atoms with Crippen LogP contribution in [0, 0.1) is 11.8 Å². The first kappa shape index (κ1) is 9.48. The first-order valence-corrected chi connectivity index (χ1v) is 4.88. The number of allylic oxidation sites excluding steroid dienone is 2. The molecule has 0 aliphatic carbocycles. The summed E-state index contributed by atoms with van der Waals surface area (Å²) in [5.74, 6) is 5.91. The van der Waals surface area contributed by atoms with E-state index in [0.29, 0.717) is 0 Å². The van der Waals surface area contributed by atoms with E-state index in [9.17, 15) is 0 Å². The first-order valence-electron chi connectivity index (χ1n) is 4.88. The van der Waals surface area contributed by atoms with Gasteiger partial charge in [0.2, 0.25) is 0 Å². The molecule has 15 heavy (non-hydrogen) atoms. The molecule has 0 radical (unpaired) electrons. The fraction of sp³-hybridized carbons (Fsp3) is 0.0714. The molecule has 1 heteroatoms. The third-order valence-electron chi connectivity index (χ3n) is 2.05. The Balaban J connectivity index is 2.44. The van der Waals surface area contributed by atoms with Crippen LogP contribution in [0.2, 0.25) is 0 Å². The summed E-state index contributed by atoms with van der Waals surface area (Å²) in [6.07, 6.45) is 3.73. The summed E-state index contributed by atoms with van der Waals surface area (Å²) in [6.45, 7) is 1.95. The molecule has 1 aromatic heterocycles. The molecule has 0 N–H and O–H groups in total. The molecule has 0 saturated heterocycles. The number of benzene rings is 1. The third kappa shape index (κ3) is 2.24. The molecule has 0 aliphatic heterocycles. The van der Waals surface area contributed by atoms with Gasteiger partial charge in [0.1, 0.15) is 5.69 Å². The van der Waals surface area contributed by atoms with Crippen molar-refractivity contribution in [1.82, 2.24) is 4.98 Å². The van der Waals surface area contributed by atoms with Crippen molar-refractivity contribution in [2.45, 2.75) is 6.92 Å². The smallest absolute Gasteiger partial charge is 0.114 e. The van der Waals surface area contributed by atoms with Crippen molar-refractivity contribution in [1.29, 1.82) is 0 Å². The van der Waals surface area contributed by atoms with Gasteiger partial charge in [0.05, 0.1) is 5.52 Å². The highest BCUT2D eigenvalue weighted by molar-refractivity contribution is 5.78. The van der Waals surface area contributed by atoms with E-state index in [0.717, 1.165) is 16.6 Å². The molecule has 1 aromatic carbocycles. The fourth-order valence-electron chi connectivity index (χ4n) is 1.33. The number of hydrogen-bond donors (Lipinski definition) is 0. The van der Waals surface area contributed by atoms with Crippen LogP contribution < -0.4 is 0 Å².